The minimum absolute atomic E-state index is 0.326. The van der Waals surface area contributed by atoms with Crippen molar-refractivity contribution < 1.29 is 9.53 Å². The summed E-state index contributed by atoms with van der Waals surface area (Å²) in [5.41, 5.74) is 3.75. The number of amides is 1. The van der Waals surface area contributed by atoms with Crippen LogP contribution in [0, 0.1) is 0 Å². The molecule has 1 amide bonds. The predicted molar refractivity (Wildman–Crippen MR) is 89.8 cm³/mol. The lowest BCUT2D eigenvalue weighted by Gasteiger charge is -2.09. The summed E-state index contributed by atoms with van der Waals surface area (Å²) >= 11 is 0. The van der Waals surface area contributed by atoms with Gasteiger partial charge in [-0.1, -0.05) is 30.3 Å². The van der Waals surface area contributed by atoms with Crippen molar-refractivity contribution in [2.24, 2.45) is 5.10 Å². The summed E-state index contributed by atoms with van der Waals surface area (Å²) in [4.78, 5) is 16.3. The number of ether oxygens (including phenoxy) is 1. The monoisotopic (exact) mass is 305 g/mol. The standard InChI is InChI=1S/C18H15N3O2/c1-23-17-10-15-7-3-2-6-14(15)9-16(17)18(22)21-20-12-13-5-4-8-19-11-13/h2-12H,1H3,(H,21,22)/b20-12-. The fraction of sp³-hybridized carbons (Fsp3) is 0.0556. The average molecular weight is 305 g/mol. The highest BCUT2D eigenvalue weighted by Crippen LogP contribution is 2.25. The number of pyridine rings is 1. The van der Waals surface area contributed by atoms with Crippen LogP contribution in [0.3, 0.4) is 0 Å². The lowest BCUT2D eigenvalue weighted by Crippen LogP contribution is -2.18. The van der Waals surface area contributed by atoms with Crippen molar-refractivity contribution in [2.45, 2.75) is 0 Å². The second-order valence-corrected chi connectivity index (χ2v) is 4.89. The van der Waals surface area contributed by atoms with E-state index in [0.717, 1.165) is 16.3 Å². The molecule has 114 valence electrons. The highest BCUT2D eigenvalue weighted by Gasteiger charge is 2.12. The van der Waals surface area contributed by atoms with Gasteiger partial charge in [0.25, 0.3) is 5.91 Å². The fourth-order valence-corrected chi connectivity index (χ4v) is 2.24. The highest BCUT2D eigenvalue weighted by molar-refractivity contribution is 6.01. The molecule has 0 fully saturated rings. The number of nitrogens with zero attached hydrogens (tertiary/aromatic N) is 2. The first-order valence-corrected chi connectivity index (χ1v) is 7.08. The van der Waals surface area contributed by atoms with Gasteiger partial charge in [-0.25, -0.2) is 5.43 Å². The van der Waals surface area contributed by atoms with Gasteiger partial charge in [-0.3, -0.25) is 9.78 Å². The van der Waals surface area contributed by atoms with Crippen molar-refractivity contribution >= 4 is 22.9 Å². The van der Waals surface area contributed by atoms with Crippen molar-refractivity contribution in [2.75, 3.05) is 7.11 Å². The number of methoxy groups -OCH3 is 1. The van der Waals surface area contributed by atoms with Crippen LogP contribution in [0.25, 0.3) is 10.8 Å². The van der Waals surface area contributed by atoms with Crippen molar-refractivity contribution in [3.05, 3.63) is 72.1 Å². The Morgan fingerprint density at radius 3 is 2.65 bits per heavy atom. The SMILES string of the molecule is COc1cc2ccccc2cc1C(=O)N/N=C\c1cccnc1. The van der Waals surface area contributed by atoms with Gasteiger partial charge in [0, 0.05) is 18.0 Å². The third-order valence-electron chi connectivity index (χ3n) is 3.38. The molecule has 5 heteroatoms. The molecule has 0 saturated heterocycles. The van der Waals surface area contributed by atoms with E-state index in [4.69, 9.17) is 4.74 Å². The van der Waals surface area contributed by atoms with Gasteiger partial charge in [0.2, 0.25) is 0 Å². The van der Waals surface area contributed by atoms with E-state index in [1.807, 2.05) is 36.4 Å². The van der Waals surface area contributed by atoms with Gasteiger partial charge >= 0.3 is 0 Å². The van der Waals surface area contributed by atoms with Crippen LogP contribution in [0.15, 0.2) is 66.0 Å². The van der Waals surface area contributed by atoms with Crippen LogP contribution in [-0.2, 0) is 0 Å². The van der Waals surface area contributed by atoms with Gasteiger partial charge in [0.05, 0.1) is 18.9 Å². The third kappa shape index (κ3) is 3.35. The first-order valence-electron chi connectivity index (χ1n) is 7.08. The van der Waals surface area contributed by atoms with Gasteiger partial charge in [-0.05, 0) is 29.0 Å². The third-order valence-corrected chi connectivity index (χ3v) is 3.38. The first kappa shape index (κ1) is 14.7. The molecule has 0 bridgehead atoms. The summed E-state index contributed by atoms with van der Waals surface area (Å²) < 4.78 is 5.32. The maximum atomic E-state index is 12.3. The number of hydrogen-bond acceptors (Lipinski definition) is 4. The zero-order valence-corrected chi connectivity index (χ0v) is 12.6. The lowest BCUT2D eigenvalue weighted by molar-refractivity contribution is 0.0952. The molecule has 0 atom stereocenters. The molecule has 0 aliphatic heterocycles. The minimum Gasteiger partial charge on any atom is -0.496 e. The minimum atomic E-state index is -0.326. The van der Waals surface area contributed by atoms with Crippen molar-refractivity contribution in [1.82, 2.24) is 10.4 Å². The summed E-state index contributed by atoms with van der Waals surface area (Å²) in [7, 11) is 1.54. The van der Waals surface area contributed by atoms with Crippen molar-refractivity contribution in [3.8, 4) is 5.75 Å². The number of aromatic nitrogens is 1. The molecule has 0 saturated carbocycles. The zero-order valence-electron chi connectivity index (χ0n) is 12.6. The number of hydrazone groups is 1. The molecule has 5 nitrogen and oxygen atoms in total. The Morgan fingerprint density at radius 2 is 1.96 bits per heavy atom. The largest absolute Gasteiger partial charge is 0.496 e. The quantitative estimate of drug-likeness (QED) is 0.595. The first-order chi connectivity index (χ1) is 11.3. The van der Waals surface area contributed by atoms with Gasteiger partial charge in [0.15, 0.2) is 0 Å². The Hall–Kier alpha value is -3.21. The number of nitrogens with one attached hydrogen (secondary N) is 1. The van der Waals surface area contributed by atoms with E-state index >= 15 is 0 Å². The van der Waals surface area contributed by atoms with Crippen LogP contribution in [0.1, 0.15) is 15.9 Å². The molecule has 0 radical (unpaired) electrons. The second kappa shape index (κ2) is 6.70. The van der Waals surface area contributed by atoms with E-state index in [1.165, 1.54) is 0 Å². The number of fused-ring (bicyclic) bond motifs is 1. The summed E-state index contributed by atoms with van der Waals surface area (Å²) in [6, 6.07) is 15.1. The Kier molecular flexibility index (Phi) is 4.29. The number of benzene rings is 2. The number of carbonyl (C=O) groups excluding carboxylic acids is 1. The van der Waals surface area contributed by atoms with E-state index in [2.05, 4.69) is 15.5 Å². The molecule has 1 aromatic heterocycles. The van der Waals surface area contributed by atoms with Crippen molar-refractivity contribution in [3.63, 3.8) is 0 Å². The van der Waals surface area contributed by atoms with E-state index in [-0.39, 0.29) is 5.91 Å². The van der Waals surface area contributed by atoms with E-state index in [1.54, 1.807) is 37.9 Å². The van der Waals surface area contributed by atoms with E-state index in [0.29, 0.717) is 11.3 Å². The lowest BCUT2D eigenvalue weighted by atomic mass is 10.1. The Balaban J connectivity index is 1.84. The van der Waals surface area contributed by atoms with Crippen LogP contribution < -0.4 is 10.2 Å². The molecule has 1 heterocycles. The topological polar surface area (TPSA) is 63.6 Å². The van der Waals surface area contributed by atoms with Crippen LogP contribution in [0.4, 0.5) is 0 Å². The van der Waals surface area contributed by atoms with Crippen molar-refractivity contribution in [1.29, 1.82) is 0 Å². The van der Waals surface area contributed by atoms with Crippen LogP contribution >= 0.6 is 0 Å². The zero-order chi connectivity index (χ0) is 16.1. The second-order valence-electron chi connectivity index (χ2n) is 4.89. The Labute approximate surface area is 133 Å². The molecule has 3 rings (SSSR count). The molecule has 23 heavy (non-hydrogen) atoms. The molecule has 1 N–H and O–H groups in total. The number of rotatable bonds is 4. The molecule has 0 aliphatic carbocycles. The predicted octanol–water partition coefficient (Wildman–Crippen LogP) is 3.01. The summed E-state index contributed by atoms with van der Waals surface area (Å²) in [5.74, 6) is 0.186. The molecule has 0 unspecified atom stereocenters. The fourth-order valence-electron chi connectivity index (χ4n) is 2.24. The molecular weight excluding hydrogens is 290 g/mol. The Bertz CT molecular complexity index is 861. The summed E-state index contributed by atoms with van der Waals surface area (Å²) in [6.45, 7) is 0. The van der Waals surface area contributed by atoms with Gasteiger partial charge in [-0.2, -0.15) is 5.10 Å². The molecule has 2 aromatic carbocycles. The molecule has 0 spiro atoms. The Morgan fingerprint density at radius 1 is 1.17 bits per heavy atom. The van der Waals surface area contributed by atoms with Gasteiger partial charge in [-0.15, -0.1) is 0 Å². The maximum Gasteiger partial charge on any atom is 0.275 e. The van der Waals surface area contributed by atoms with E-state index in [9.17, 15) is 4.79 Å². The smallest absolute Gasteiger partial charge is 0.275 e. The molecule has 3 aromatic rings. The number of carbonyl (C=O) groups is 1. The van der Waals surface area contributed by atoms with Crippen LogP contribution in [0.2, 0.25) is 0 Å². The summed E-state index contributed by atoms with van der Waals surface area (Å²) in [6.07, 6.45) is 4.88. The molecular formula is C18H15N3O2. The van der Waals surface area contributed by atoms with Crippen LogP contribution in [-0.4, -0.2) is 24.2 Å². The van der Waals surface area contributed by atoms with Crippen LogP contribution in [0.5, 0.6) is 5.75 Å². The van der Waals surface area contributed by atoms with Gasteiger partial charge < -0.3 is 4.74 Å². The van der Waals surface area contributed by atoms with Gasteiger partial charge in [0.1, 0.15) is 5.75 Å². The van der Waals surface area contributed by atoms with E-state index < -0.39 is 0 Å². The normalized spacial score (nSPS) is 10.8. The number of hydrogen-bond donors (Lipinski definition) is 1. The maximum absolute atomic E-state index is 12.3. The summed E-state index contributed by atoms with van der Waals surface area (Å²) in [5, 5.41) is 5.93. The average Bonchev–Trinajstić information content (AvgIpc) is 2.61. The molecule has 0 aliphatic rings. The highest BCUT2D eigenvalue weighted by atomic mass is 16.5.